The van der Waals surface area contributed by atoms with Crippen LogP contribution in [0.1, 0.15) is 66.5 Å². The van der Waals surface area contributed by atoms with Crippen LogP contribution in [-0.4, -0.2) is 97.5 Å². The third-order valence-corrected chi connectivity index (χ3v) is 5.83. The fraction of sp³-hybridized carbons (Fsp3) is 0.611. The Kier molecular flexibility index (Phi) is 20.6. The molecule has 2 amide bonds. The number of rotatable bonds is 18. The summed E-state index contributed by atoms with van der Waals surface area (Å²) in [7, 11) is 0. The topological polar surface area (TPSA) is 154 Å². The molecule has 0 aromatic heterocycles. The lowest BCUT2D eigenvalue weighted by Gasteiger charge is -2.24. The molecule has 272 valence electrons. The van der Waals surface area contributed by atoms with Crippen LogP contribution < -0.4 is 10.6 Å². The molecule has 48 heavy (non-hydrogen) atoms. The van der Waals surface area contributed by atoms with Crippen molar-refractivity contribution in [1.82, 2.24) is 10.6 Å². The van der Waals surface area contributed by atoms with E-state index in [0.717, 1.165) is 11.1 Å². The number of amides is 2. The van der Waals surface area contributed by atoms with E-state index in [9.17, 15) is 9.59 Å². The molecule has 0 saturated heterocycles. The highest BCUT2D eigenvalue weighted by Crippen LogP contribution is 2.09. The van der Waals surface area contributed by atoms with Gasteiger partial charge < -0.3 is 49.3 Å². The van der Waals surface area contributed by atoms with Gasteiger partial charge in [-0.05, 0) is 66.5 Å². The number of benzene rings is 2. The van der Waals surface area contributed by atoms with Crippen molar-refractivity contribution < 1.29 is 48.2 Å². The molecular formula is C36H58N2O10. The van der Waals surface area contributed by atoms with E-state index < -0.39 is 29.5 Å². The molecule has 0 bridgehead atoms. The van der Waals surface area contributed by atoms with Crippen molar-refractivity contribution in [3.63, 3.8) is 0 Å². The largest absolute Gasteiger partial charge is 0.444 e. The molecule has 12 heteroatoms. The summed E-state index contributed by atoms with van der Waals surface area (Å²) >= 11 is 0. The summed E-state index contributed by atoms with van der Waals surface area (Å²) in [5.74, 6) is 0. The third-order valence-electron chi connectivity index (χ3n) is 5.83. The summed E-state index contributed by atoms with van der Waals surface area (Å²) in [6.07, 6.45) is -2.13. The van der Waals surface area contributed by atoms with Crippen LogP contribution in [0.4, 0.5) is 9.59 Å². The number of ether oxygens (including phenoxy) is 6. The highest BCUT2D eigenvalue weighted by Gasteiger charge is 2.20. The molecule has 2 rings (SSSR count). The molecule has 4 N–H and O–H groups in total. The zero-order valence-electron chi connectivity index (χ0n) is 29.9. The van der Waals surface area contributed by atoms with Crippen molar-refractivity contribution in [2.45, 2.75) is 104 Å². The van der Waals surface area contributed by atoms with Crippen molar-refractivity contribution in [3.8, 4) is 0 Å². The van der Waals surface area contributed by atoms with Gasteiger partial charge in [-0.3, -0.25) is 0 Å². The minimum absolute atomic E-state index is 0.172. The molecule has 0 fully saturated rings. The van der Waals surface area contributed by atoms with E-state index in [0.29, 0.717) is 19.8 Å². The maximum Gasteiger partial charge on any atom is 0.407 e. The normalized spacial score (nSPS) is 14.0. The molecule has 0 heterocycles. The molecule has 2 aromatic rings. The van der Waals surface area contributed by atoms with E-state index in [1.165, 1.54) is 0 Å². The lowest BCUT2D eigenvalue weighted by Crippen LogP contribution is -2.42. The zero-order valence-corrected chi connectivity index (χ0v) is 29.9. The van der Waals surface area contributed by atoms with E-state index in [-0.39, 0.29) is 51.2 Å². The Labute approximate surface area is 286 Å². The Morgan fingerprint density at radius 2 is 1.06 bits per heavy atom. The second-order valence-electron chi connectivity index (χ2n) is 13.4. The SMILES string of the molecule is CC(COCC(COCc1ccccc1)OCC(C)NC(=O)OC(C)(C)C)NC(=O)OC(C)(C)C.OCC(O)COCc1ccccc1. The maximum atomic E-state index is 12.0. The first-order chi connectivity index (χ1) is 22.6. The van der Waals surface area contributed by atoms with Crippen LogP contribution in [0.2, 0.25) is 0 Å². The van der Waals surface area contributed by atoms with E-state index in [1.54, 1.807) is 0 Å². The summed E-state index contributed by atoms with van der Waals surface area (Å²) in [5, 5.41) is 23.0. The van der Waals surface area contributed by atoms with Crippen LogP contribution in [0, 0.1) is 0 Å². The number of aliphatic hydroxyl groups excluding tert-OH is 2. The van der Waals surface area contributed by atoms with E-state index in [1.807, 2.05) is 116 Å². The van der Waals surface area contributed by atoms with Gasteiger partial charge >= 0.3 is 12.2 Å². The summed E-state index contributed by atoms with van der Waals surface area (Å²) in [4.78, 5) is 23.9. The number of carbonyl (C=O) groups is 2. The van der Waals surface area contributed by atoms with Gasteiger partial charge in [0.1, 0.15) is 23.4 Å². The summed E-state index contributed by atoms with van der Waals surface area (Å²) in [6, 6.07) is 19.0. The van der Waals surface area contributed by atoms with E-state index in [2.05, 4.69) is 10.6 Å². The monoisotopic (exact) mass is 678 g/mol. The first-order valence-electron chi connectivity index (χ1n) is 16.3. The number of nitrogens with one attached hydrogen (secondary N) is 2. The Morgan fingerprint density at radius 3 is 1.50 bits per heavy atom. The van der Waals surface area contributed by atoms with Gasteiger partial charge in [-0.25, -0.2) is 9.59 Å². The Hall–Kier alpha value is -3.26. The lowest BCUT2D eigenvalue weighted by molar-refractivity contribution is -0.0695. The third kappa shape index (κ3) is 24.0. The van der Waals surface area contributed by atoms with Crippen LogP contribution in [0.25, 0.3) is 0 Å². The van der Waals surface area contributed by atoms with Crippen LogP contribution in [0.15, 0.2) is 60.7 Å². The van der Waals surface area contributed by atoms with Gasteiger partial charge in [0.15, 0.2) is 0 Å². The summed E-state index contributed by atoms with van der Waals surface area (Å²) < 4.78 is 33.3. The second-order valence-corrected chi connectivity index (χ2v) is 13.4. The van der Waals surface area contributed by atoms with E-state index >= 15 is 0 Å². The van der Waals surface area contributed by atoms with Crippen LogP contribution >= 0.6 is 0 Å². The minimum atomic E-state index is -0.774. The summed E-state index contributed by atoms with van der Waals surface area (Å²) in [6.45, 7) is 16.5. The first kappa shape index (κ1) is 42.8. The van der Waals surface area contributed by atoms with Gasteiger partial charge in [0.25, 0.3) is 0 Å². The number of aliphatic hydroxyl groups is 2. The van der Waals surface area contributed by atoms with Crippen molar-refractivity contribution in [2.75, 3.05) is 39.6 Å². The van der Waals surface area contributed by atoms with Gasteiger partial charge in [0.2, 0.25) is 0 Å². The van der Waals surface area contributed by atoms with Gasteiger partial charge in [-0.15, -0.1) is 0 Å². The van der Waals surface area contributed by atoms with Gasteiger partial charge in [-0.2, -0.15) is 0 Å². The van der Waals surface area contributed by atoms with Crippen molar-refractivity contribution in [2.24, 2.45) is 0 Å². The molecule has 0 radical (unpaired) electrons. The van der Waals surface area contributed by atoms with Crippen molar-refractivity contribution in [3.05, 3.63) is 71.8 Å². The molecule has 0 aliphatic carbocycles. The lowest BCUT2D eigenvalue weighted by atomic mass is 10.2. The van der Waals surface area contributed by atoms with Crippen molar-refractivity contribution >= 4 is 12.2 Å². The Morgan fingerprint density at radius 1 is 0.646 bits per heavy atom. The molecule has 0 aliphatic rings. The van der Waals surface area contributed by atoms with Crippen LogP contribution in [-0.2, 0) is 41.6 Å². The number of hydrogen-bond donors (Lipinski definition) is 4. The predicted molar refractivity (Wildman–Crippen MR) is 184 cm³/mol. The average molecular weight is 679 g/mol. The average Bonchev–Trinajstić information content (AvgIpc) is 2.99. The molecule has 12 nitrogen and oxygen atoms in total. The quantitative estimate of drug-likeness (QED) is 0.170. The smallest absolute Gasteiger partial charge is 0.407 e. The second kappa shape index (κ2) is 23.2. The van der Waals surface area contributed by atoms with Gasteiger partial charge in [-0.1, -0.05) is 60.7 Å². The minimum Gasteiger partial charge on any atom is -0.444 e. The first-order valence-corrected chi connectivity index (χ1v) is 16.3. The number of hydrogen-bond acceptors (Lipinski definition) is 10. The van der Waals surface area contributed by atoms with Crippen molar-refractivity contribution in [1.29, 1.82) is 0 Å². The molecule has 0 saturated carbocycles. The highest BCUT2D eigenvalue weighted by atomic mass is 16.6. The maximum absolute atomic E-state index is 12.0. The number of alkyl carbamates (subject to hydrolysis) is 2. The van der Waals surface area contributed by atoms with Gasteiger partial charge in [0, 0.05) is 0 Å². The standard InChI is InChI=1S/C26H44N2O7.C10H14O3/c1-19(27-23(29)34-25(3,4)5)14-31-17-22(18-32-16-21-12-10-9-11-13-21)33-15-20(2)28-24(30)35-26(6,7)8;11-6-10(12)8-13-7-9-4-2-1-3-5-9/h9-13,19-20,22H,14-18H2,1-8H3,(H,27,29)(H,28,30);1-5,10-12H,6-8H2. The fourth-order valence-corrected chi connectivity index (χ4v) is 3.72. The number of carbonyl (C=O) groups excluding carboxylic acids is 2. The predicted octanol–water partition coefficient (Wildman–Crippen LogP) is 4.99. The van der Waals surface area contributed by atoms with E-state index in [4.69, 9.17) is 38.6 Å². The Bertz CT molecular complexity index is 1120. The summed E-state index contributed by atoms with van der Waals surface area (Å²) in [5.41, 5.74) is 0.982. The molecule has 0 spiro atoms. The molecule has 4 unspecified atom stereocenters. The molecular weight excluding hydrogens is 620 g/mol. The molecule has 4 atom stereocenters. The highest BCUT2D eigenvalue weighted by molar-refractivity contribution is 5.68. The molecule has 0 aliphatic heterocycles. The molecule has 2 aromatic carbocycles. The fourth-order valence-electron chi connectivity index (χ4n) is 3.72. The van der Waals surface area contributed by atoms with Gasteiger partial charge in [0.05, 0.1) is 64.9 Å². The Balaban J connectivity index is 0.000000735. The zero-order chi connectivity index (χ0) is 36.0. The van der Waals surface area contributed by atoms with Crippen LogP contribution in [0.3, 0.4) is 0 Å². The van der Waals surface area contributed by atoms with Crippen LogP contribution in [0.5, 0.6) is 0 Å².